The number of hydrogen-bond donors (Lipinski definition) is 3. The topological polar surface area (TPSA) is 91.6 Å². The van der Waals surface area contributed by atoms with Crippen LogP contribution in [0.1, 0.15) is 30.3 Å². The van der Waals surface area contributed by atoms with E-state index in [1.807, 2.05) is 6.92 Å². The van der Waals surface area contributed by atoms with Crippen LogP contribution in [0.5, 0.6) is 0 Å². The molecular formula is C12H18N2O4. The minimum absolute atomic E-state index is 0.0823. The van der Waals surface area contributed by atoms with Gasteiger partial charge in [0.05, 0.1) is 18.9 Å². The van der Waals surface area contributed by atoms with Gasteiger partial charge < -0.3 is 20.2 Å². The standard InChI is InChI=1S/C12H18N2O4/c1-2-9(8-15)14-11(16)5-6-13-12(17)10-4-3-7-18-10/h3-4,7,9,15H,2,5-6,8H2,1H3,(H,13,17)(H,14,16). The highest BCUT2D eigenvalue weighted by Gasteiger charge is 2.11. The maximum absolute atomic E-state index is 11.4. The van der Waals surface area contributed by atoms with Crippen molar-refractivity contribution in [2.45, 2.75) is 25.8 Å². The van der Waals surface area contributed by atoms with Crippen LogP contribution in [-0.4, -0.2) is 36.1 Å². The van der Waals surface area contributed by atoms with Gasteiger partial charge in [-0.25, -0.2) is 0 Å². The lowest BCUT2D eigenvalue weighted by molar-refractivity contribution is -0.122. The van der Waals surface area contributed by atoms with Crippen LogP contribution >= 0.6 is 0 Å². The van der Waals surface area contributed by atoms with Crippen LogP contribution in [0.2, 0.25) is 0 Å². The van der Waals surface area contributed by atoms with Crippen LogP contribution in [0.4, 0.5) is 0 Å². The van der Waals surface area contributed by atoms with E-state index in [-0.39, 0.29) is 43.2 Å². The molecule has 6 nitrogen and oxygen atoms in total. The van der Waals surface area contributed by atoms with Gasteiger partial charge in [-0.1, -0.05) is 6.92 Å². The van der Waals surface area contributed by atoms with Crippen molar-refractivity contribution in [1.82, 2.24) is 10.6 Å². The molecule has 0 aromatic carbocycles. The molecule has 1 aromatic heterocycles. The molecule has 1 atom stereocenters. The van der Waals surface area contributed by atoms with Crippen LogP contribution in [0.3, 0.4) is 0 Å². The summed E-state index contributed by atoms with van der Waals surface area (Å²) in [6.45, 7) is 2.02. The molecule has 2 amide bonds. The molecule has 6 heteroatoms. The van der Waals surface area contributed by atoms with E-state index in [0.29, 0.717) is 6.42 Å². The number of furan rings is 1. The van der Waals surface area contributed by atoms with E-state index in [9.17, 15) is 9.59 Å². The molecular weight excluding hydrogens is 236 g/mol. The highest BCUT2D eigenvalue weighted by Crippen LogP contribution is 1.98. The first-order chi connectivity index (χ1) is 8.67. The zero-order valence-corrected chi connectivity index (χ0v) is 10.3. The van der Waals surface area contributed by atoms with E-state index >= 15 is 0 Å². The zero-order valence-electron chi connectivity index (χ0n) is 10.3. The van der Waals surface area contributed by atoms with Gasteiger partial charge in [-0.2, -0.15) is 0 Å². The monoisotopic (exact) mass is 254 g/mol. The summed E-state index contributed by atoms with van der Waals surface area (Å²) in [6.07, 6.45) is 2.25. The van der Waals surface area contributed by atoms with Gasteiger partial charge in [-0.05, 0) is 18.6 Å². The highest BCUT2D eigenvalue weighted by molar-refractivity contribution is 5.91. The minimum atomic E-state index is -0.345. The number of amides is 2. The third-order valence-corrected chi connectivity index (χ3v) is 2.46. The number of carbonyl (C=O) groups excluding carboxylic acids is 2. The zero-order chi connectivity index (χ0) is 13.4. The van der Waals surface area contributed by atoms with Crippen LogP contribution < -0.4 is 10.6 Å². The van der Waals surface area contributed by atoms with Crippen LogP contribution in [0, 0.1) is 0 Å². The lowest BCUT2D eigenvalue weighted by atomic mass is 10.2. The predicted octanol–water partition coefficient (Wildman–Crippen LogP) is 0.287. The van der Waals surface area contributed by atoms with Gasteiger partial charge in [-0.3, -0.25) is 9.59 Å². The molecule has 0 spiro atoms. The molecule has 0 saturated heterocycles. The summed E-state index contributed by atoms with van der Waals surface area (Å²) in [5.41, 5.74) is 0. The molecule has 18 heavy (non-hydrogen) atoms. The number of aliphatic hydroxyl groups is 1. The maximum atomic E-state index is 11.4. The van der Waals surface area contributed by atoms with Crippen molar-refractivity contribution < 1.29 is 19.1 Å². The van der Waals surface area contributed by atoms with Crippen molar-refractivity contribution in [3.8, 4) is 0 Å². The van der Waals surface area contributed by atoms with E-state index in [1.165, 1.54) is 6.26 Å². The SMILES string of the molecule is CCC(CO)NC(=O)CCNC(=O)c1ccco1. The van der Waals surface area contributed by atoms with E-state index in [2.05, 4.69) is 10.6 Å². The Labute approximate surface area is 105 Å². The summed E-state index contributed by atoms with van der Waals surface area (Å²) in [4.78, 5) is 22.9. The van der Waals surface area contributed by atoms with Gasteiger partial charge in [-0.15, -0.1) is 0 Å². The second-order valence-electron chi connectivity index (χ2n) is 3.84. The smallest absolute Gasteiger partial charge is 0.286 e. The Morgan fingerprint density at radius 3 is 2.83 bits per heavy atom. The summed E-state index contributed by atoms with van der Waals surface area (Å²) in [5.74, 6) is -0.324. The third-order valence-electron chi connectivity index (χ3n) is 2.46. The molecule has 0 radical (unpaired) electrons. The van der Waals surface area contributed by atoms with Gasteiger partial charge in [0.2, 0.25) is 5.91 Å². The quantitative estimate of drug-likeness (QED) is 0.652. The van der Waals surface area contributed by atoms with Crippen molar-refractivity contribution >= 4 is 11.8 Å². The first-order valence-electron chi connectivity index (χ1n) is 5.89. The van der Waals surface area contributed by atoms with Gasteiger partial charge >= 0.3 is 0 Å². The van der Waals surface area contributed by atoms with Gasteiger partial charge in [0.15, 0.2) is 5.76 Å². The number of aliphatic hydroxyl groups excluding tert-OH is 1. The fourth-order valence-electron chi connectivity index (χ4n) is 1.36. The molecule has 0 fully saturated rings. The summed E-state index contributed by atoms with van der Waals surface area (Å²) in [7, 11) is 0. The van der Waals surface area contributed by atoms with Crippen molar-refractivity contribution in [2.24, 2.45) is 0 Å². The number of hydrogen-bond acceptors (Lipinski definition) is 4. The fourth-order valence-corrected chi connectivity index (χ4v) is 1.36. The molecule has 1 aromatic rings. The van der Waals surface area contributed by atoms with E-state index in [1.54, 1.807) is 12.1 Å². The maximum Gasteiger partial charge on any atom is 0.286 e. The molecule has 0 aliphatic rings. The fraction of sp³-hybridized carbons (Fsp3) is 0.500. The summed E-state index contributed by atoms with van der Waals surface area (Å²) in [6, 6.07) is 2.95. The number of nitrogens with one attached hydrogen (secondary N) is 2. The molecule has 100 valence electrons. The Balaban J connectivity index is 2.21. The van der Waals surface area contributed by atoms with Crippen molar-refractivity contribution in [1.29, 1.82) is 0 Å². The second kappa shape index (κ2) is 7.50. The van der Waals surface area contributed by atoms with Crippen molar-refractivity contribution in [3.63, 3.8) is 0 Å². The average molecular weight is 254 g/mol. The Morgan fingerprint density at radius 1 is 1.50 bits per heavy atom. The Bertz CT molecular complexity index is 371. The van der Waals surface area contributed by atoms with Crippen LogP contribution in [-0.2, 0) is 4.79 Å². The molecule has 3 N–H and O–H groups in total. The summed E-state index contributed by atoms with van der Waals surface area (Å²) < 4.78 is 4.91. The van der Waals surface area contributed by atoms with E-state index in [0.717, 1.165) is 0 Å². The van der Waals surface area contributed by atoms with Crippen LogP contribution in [0.15, 0.2) is 22.8 Å². The molecule has 1 rings (SSSR count). The first kappa shape index (κ1) is 14.2. The van der Waals surface area contributed by atoms with Crippen LogP contribution in [0.25, 0.3) is 0 Å². The molecule has 1 unspecified atom stereocenters. The van der Waals surface area contributed by atoms with Gasteiger partial charge in [0.1, 0.15) is 0 Å². The van der Waals surface area contributed by atoms with Crippen molar-refractivity contribution in [2.75, 3.05) is 13.2 Å². The lowest BCUT2D eigenvalue weighted by Crippen LogP contribution is -2.38. The molecule has 0 saturated carbocycles. The second-order valence-corrected chi connectivity index (χ2v) is 3.84. The average Bonchev–Trinajstić information content (AvgIpc) is 2.89. The number of rotatable bonds is 7. The third kappa shape index (κ3) is 4.58. The van der Waals surface area contributed by atoms with E-state index < -0.39 is 0 Å². The van der Waals surface area contributed by atoms with Crippen molar-refractivity contribution in [3.05, 3.63) is 24.2 Å². The largest absolute Gasteiger partial charge is 0.459 e. The first-order valence-corrected chi connectivity index (χ1v) is 5.89. The molecule has 0 aliphatic heterocycles. The normalized spacial score (nSPS) is 11.9. The molecule has 0 bridgehead atoms. The lowest BCUT2D eigenvalue weighted by Gasteiger charge is -2.13. The molecule has 0 aliphatic carbocycles. The highest BCUT2D eigenvalue weighted by atomic mass is 16.3. The van der Waals surface area contributed by atoms with E-state index in [4.69, 9.17) is 9.52 Å². The van der Waals surface area contributed by atoms with Gasteiger partial charge in [0.25, 0.3) is 5.91 Å². The Hall–Kier alpha value is -1.82. The minimum Gasteiger partial charge on any atom is -0.459 e. The number of carbonyl (C=O) groups is 2. The Morgan fingerprint density at radius 2 is 2.28 bits per heavy atom. The van der Waals surface area contributed by atoms with Gasteiger partial charge in [0, 0.05) is 13.0 Å². The predicted molar refractivity (Wildman–Crippen MR) is 65.0 cm³/mol. The molecule has 1 heterocycles. The summed E-state index contributed by atoms with van der Waals surface area (Å²) >= 11 is 0. The Kier molecular flexibility index (Phi) is 5.93. The summed E-state index contributed by atoms with van der Waals surface area (Å²) in [5, 5.41) is 14.1.